The molecule has 0 radical (unpaired) electrons. The molecule has 0 aromatic heterocycles. The summed E-state index contributed by atoms with van der Waals surface area (Å²) in [6.07, 6.45) is 0. The summed E-state index contributed by atoms with van der Waals surface area (Å²) >= 11 is 3.42. The van der Waals surface area contributed by atoms with Gasteiger partial charge in [-0.15, -0.1) is 0 Å². The summed E-state index contributed by atoms with van der Waals surface area (Å²) < 4.78 is 19.4. The lowest BCUT2D eigenvalue weighted by atomic mass is 10.1. The summed E-state index contributed by atoms with van der Waals surface area (Å²) in [4.78, 5) is 27.1. The molecule has 156 valence electrons. The number of nitrogens with zero attached hydrogens (tertiary/aromatic N) is 1. The first-order chi connectivity index (χ1) is 13.5. The Morgan fingerprint density at radius 2 is 1.83 bits per heavy atom. The summed E-state index contributed by atoms with van der Waals surface area (Å²) in [5, 5.41) is 2.91. The molecule has 0 unspecified atom stereocenters. The molecule has 2 aromatic carbocycles. The summed E-state index contributed by atoms with van der Waals surface area (Å²) in [5.41, 5.74) is 0.463. The van der Waals surface area contributed by atoms with Gasteiger partial charge in [0.2, 0.25) is 5.91 Å². The fraction of sp³-hybridized carbons (Fsp3) is 0.364. The van der Waals surface area contributed by atoms with E-state index in [0.717, 1.165) is 10.0 Å². The minimum atomic E-state index is -0.697. The third-order valence-corrected chi connectivity index (χ3v) is 4.58. The average molecular weight is 465 g/mol. The Morgan fingerprint density at radius 3 is 2.41 bits per heavy atom. The SMILES string of the molecule is C[C@H](C(=O)NC(C)(C)C)N(Cc1cccc(Br)c1)C(=O)COc1ccc(F)cc1. The highest BCUT2D eigenvalue weighted by Crippen LogP contribution is 2.17. The van der Waals surface area contributed by atoms with Gasteiger partial charge in [0.25, 0.3) is 5.91 Å². The van der Waals surface area contributed by atoms with Crippen LogP contribution in [-0.2, 0) is 16.1 Å². The van der Waals surface area contributed by atoms with E-state index in [4.69, 9.17) is 4.74 Å². The number of hydrogen-bond acceptors (Lipinski definition) is 3. The molecule has 0 bridgehead atoms. The number of carbonyl (C=O) groups excluding carboxylic acids is 2. The molecule has 0 saturated carbocycles. The first kappa shape index (κ1) is 22.9. The number of benzene rings is 2. The zero-order chi connectivity index (χ0) is 21.6. The zero-order valence-electron chi connectivity index (χ0n) is 17.0. The van der Waals surface area contributed by atoms with Gasteiger partial charge in [-0.3, -0.25) is 9.59 Å². The average Bonchev–Trinajstić information content (AvgIpc) is 2.63. The molecular weight excluding hydrogens is 439 g/mol. The van der Waals surface area contributed by atoms with Crippen molar-refractivity contribution in [3.8, 4) is 5.75 Å². The molecule has 0 aliphatic heterocycles. The Bertz CT molecular complexity index is 850. The number of carbonyl (C=O) groups is 2. The molecule has 0 saturated heterocycles. The van der Waals surface area contributed by atoms with Crippen LogP contribution in [0.4, 0.5) is 4.39 Å². The van der Waals surface area contributed by atoms with E-state index in [9.17, 15) is 14.0 Å². The van der Waals surface area contributed by atoms with Crippen molar-refractivity contribution < 1.29 is 18.7 Å². The zero-order valence-corrected chi connectivity index (χ0v) is 18.6. The quantitative estimate of drug-likeness (QED) is 0.664. The number of hydrogen-bond donors (Lipinski definition) is 1. The van der Waals surface area contributed by atoms with Crippen molar-refractivity contribution in [1.82, 2.24) is 10.2 Å². The van der Waals surface area contributed by atoms with E-state index in [1.165, 1.54) is 29.2 Å². The van der Waals surface area contributed by atoms with Crippen LogP contribution in [-0.4, -0.2) is 34.9 Å². The van der Waals surface area contributed by atoms with Gasteiger partial charge in [-0.25, -0.2) is 4.39 Å². The minimum absolute atomic E-state index is 0.248. The van der Waals surface area contributed by atoms with Gasteiger partial charge in [0.05, 0.1) is 0 Å². The smallest absolute Gasteiger partial charge is 0.261 e. The maximum absolute atomic E-state index is 13.0. The maximum atomic E-state index is 13.0. The molecule has 7 heteroatoms. The fourth-order valence-corrected chi connectivity index (χ4v) is 3.09. The summed E-state index contributed by atoms with van der Waals surface area (Å²) in [7, 11) is 0. The van der Waals surface area contributed by atoms with Gasteiger partial charge >= 0.3 is 0 Å². The summed E-state index contributed by atoms with van der Waals surface area (Å²) in [6.45, 7) is 7.34. The van der Waals surface area contributed by atoms with Gasteiger partial charge in [0.1, 0.15) is 17.6 Å². The van der Waals surface area contributed by atoms with E-state index < -0.39 is 11.6 Å². The highest BCUT2D eigenvalue weighted by atomic mass is 79.9. The fourth-order valence-electron chi connectivity index (χ4n) is 2.65. The van der Waals surface area contributed by atoms with E-state index in [1.54, 1.807) is 6.92 Å². The molecule has 1 N–H and O–H groups in total. The monoisotopic (exact) mass is 464 g/mol. The number of nitrogens with one attached hydrogen (secondary N) is 1. The van der Waals surface area contributed by atoms with E-state index in [1.807, 2.05) is 45.0 Å². The predicted octanol–water partition coefficient (Wildman–Crippen LogP) is 4.30. The first-order valence-electron chi connectivity index (χ1n) is 9.29. The van der Waals surface area contributed by atoms with Crippen LogP contribution in [0.5, 0.6) is 5.75 Å². The minimum Gasteiger partial charge on any atom is -0.484 e. The van der Waals surface area contributed by atoms with Crippen molar-refractivity contribution in [2.75, 3.05) is 6.61 Å². The summed E-state index contributed by atoms with van der Waals surface area (Å²) in [6, 6.07) is 12.3. The van der Waals surface area contributed by atoms with Crippen LogP contribution in [0.25, 0.3) is 0 Å². The van der Waals surface area contributed by atoms with E-state index >= 15 is 0 Å². The largest absolute Gasteiger partial charge is 0.484 e. The Morgan fingerprint density at radius 1 is 1.17 bits per heavy atom. The third kappa shape index (κ3) is 7.49. The number of halogens is 2. The molecule has 2 amide bonds. The van der Waals surface area contributed by atoms with Crippen LogP contribution >= 0.6 is 15.9 Å². The molecule has 0 heterocycles. The van der Waals surface area contributed by atoms with Gasteiger partial charge in [-0.1, -0.05) is 28.1 Å². The summed E-state index contributed by atoms with van der Waals surface area (Å²) in [5.74, 6) is -0.588. The van der Waals surface area contributed by atoms with Gasteiger partial charge in [0.15, 0.2) is 6.61 Å². The van der Waals surface area contributed by atoms with Crippen molar-refractivity contribution in [1.29, 1.82) is 0 Å². The molecule has 0 aliphatic rings. The van der Waals surface area contributed by atoms with Crippen LogP contribution in [0.2, 0.25) is 0 Å². The molecule has 0 fully saturated rings. The van der Waals surface area contributed by atoms with Crippen molar-refractivity contribution >= 4 is 27.7 Å². The topological polar surface area (TPSA) is 58.6 Å². The van der Waals surface area contributed by atoms with Crippen LogP contribution < -0.4 is 10.1 Å². The van der Waals surface area contributed by atoms with E-state index in [0.29, 0.717) is 5.75 Å². The third-order valence-electron chi connectivity index (χ3n) is 4.08. The standard InChI is InChI=1S/C22H26BrFN2O3/c1-15(21(28)25-22(2,3)4)26(13-16-6-5-7-17(23)12-16)20(27)14-29-19-10-8-18(24)9-11-19/h5-12,15H,13-14H2,1-4H3,(H,25,28)/t15-/m1/s1. The van der Waals surface area contributed by atoms with Crippen molar-refractivity contribution in [3.63, 3.8) is 0 Å². The van der Waals surface area contributed by atoms with Crippen LogP contribution in [0.1, 0.15) is 33.3 Å². The molecule has 2 aromatic rings. The lowest BCUT2D eigenvalue weighted by Gasteiger charge is -2.31. The highest BCUT2D eigenvalue weighted by Gasteiger charge is 2.28. The molecular formula is C22H26BrFN2O3. The normalized spacial score (nSPS) is 12.2. The van der Waals surface area contributed by atoms with E-state index in [-0.39, 0.29) is 30.8 Å². The predicted molar refractivity (Wildman–Crippen MR) is 114 cm³/mol. The van der Waals surface area contributed by atoms with Crippen LogP contribution in [0.3, 0.4) is 0 Å². The lowest BCUT2D eigenvalue weighted by molar-refractivity contribution is -0.142. The Labute approximate surface area is 179 Å². The van der Waals surface area contributed by atoms with Gasteiger partial charge in [-0.2, -0.15) is 0 Å². The van der Waals surface area contributed by atoms with Crippen molar-refractivity contribution in [3.05, 3.63) is 64.4 Å². The number of rotatable bonds is 7. The van der Waals surface area contributed by atoms with Gasteiger partial charge in [-0.05, 0) is 69.7 Å². The second kappa shape index (κ2) is 9.87. The lowest BCUT2D eigenvalue weighted by Crippen LogP contribution is -2.53. The second-order valence-corrected chi connectivity index (χ2v) is 8.73. The van der Waals surface area contributed by atoms with Crippen molar-refractivity contribution in [2.24, 2.45) is 0 Å². The van der Waals surface area contributed by atoms with Crippen LogP contribution in [0, 0.1) is 5.82 Å². The Kier molecular flexibility index (Phi) is 7.79. The van der Waals surface area contributed by atoms with Crippen molar-refractivity contribution in [2.45, 2.75) is 45.8 Å². The Hall–Kier alpha value is -2.41. The Balaban J connectivity index is 2.16. The molecule has 0 spiro atoms. The molecule has 5 nitrogen and oxygen atoms in total. The van der Waals surface area contributed by atoms with Gasteiger partial charge < -0.3 is 15.0 Å². The molecule has 1 atom stereocenters. The molecule has 0 aliphatic carbocycles. The molecule has 29 heavy (non-hydrogen) atoms. The number of ether oxygens (including phenoxy) is 1. The van der Waals surface area contributed by atoms with E-state index in [2.05, 4.69) is 21.2 Å². The van der Waals surface area contributed by atoms with Gasteiger partial charge in [0, 0.05) is 16.6 Å². The molecule has 2 rings (SSSR count). The highest BCUT2D eigenvalue weighted by molar-refractivity contribution is 9.10. The maximum Gasteiger partial charge on any atom is 0.261 e. The second-order valence-electron chi connectivity index (χ2n) is 7.81. The van der Waals surface area contributed by atoms with Crippen LogP contribution in [0.15, 0.2) is 53.0 Å². The number of amides is 2. The first-order valence-corrected chi connectivity index (χ1v) is 10.1.